The summed E-state index contributed by atoms with van der Waals surface area (Å²) in [5.74, 6) is -0.594. The number of nitrogens with zero attached hydrogens (tertiary/aromatic N) is 1. The van der Waals surface area contributed by atoms with E-state index in [2.05, 4.69) is 15.8 Å². The average molecular weight is 476 g/mol. The number of hydrogen-bond donors (Lipinski definition) is 2. The van der Waals surface area contributed by atoms with Gasteiger partial charge in [0.25, 0.3) is 0 Å². The van der Waals surface area contributed by atoms with E-state index in [1.807, 2.05) is 13.8 Å². The Morgan fingerprint density at radius 3 is 1.86 bits per heavy atom. The molecule has 0 saturated carbocycles. The molecule has 0 aromatic heterocycles. The van der Waals surface area contributed by atoms with Crippen LogP contribution in [0.2, 0.25) is 0 Å². The fourth-order valence-electron chi connectivity index (χ4n) is 2.85. The second-order valence-corrected chi connectivity index (χ2v) is 7.03. The van der Waals surface area contributed by atoms with E-state index >= 15 is 0 Å². The van der Waals surface area contributed by atoms with Gasteiger partial charge < -0.3 is 19.5 Å². The zero-order chi connectivity index (χ0) is 25.0. The second kappa shape index (κ2) is 12.5. The first kappa shape index (κ1) is 25.0. The zero-order valence-corrected chi connectivity index (χ0v) is 19.3. The fourth-order valence-corrected chi connectivity index (χ4v) is 2.85. The van der Waals surface area contributed by atoms with Gasteiger partial charge in [0.2, 0.25) is 0 Å². The highest BCUT2D eigenvalue weighted by Gasteiger charge is 2.13. The number of rotatable bonds is 9. The van der Waals surface area contributed by atoms with Gasteiger partial charge >= 0.3 is 17.8 Å². The van der Waals surface area contributed by atoms with Crippen molar-refractivity contribution in [3.63, 3.8) is 0 Å². The lowest BCUT2D eigenvalue weighted by Crippen LogP contribution is -2.32. The van der Waals surface area contributed by atoms with Gasteiger partial charge in [-0.2, -0.15) is 5.10 Å². The standard InChI is InChI=1S/C26H25N3O6/c1-3-33-21-13-7-19(8-14-21)26(32)35-23-11-5-18(6-12-23)17-27-29-25(31)24(30)28-20-9-15-22(16-10-20)34-4-2/h5-17H,3-4H2,1-2H3,(H,28,30)(H,29,31)/b27-17+. The van der Waals surface area contributed by atoms with Gasteiger partial charge in [-0.3, -0.25) is 9.59 Å². The Labute approximate surface area is 202 Å². The summed E-state index contributed by atoms with van der Waals surface area (Å²) >= 11 is 0. The number of nitrogens with one attached hydrogen (secondary N) is 2. The molecule has 0 fully saturated rings. The molecule has 9 heteroatoms. The molecule has 0 bridgehead atoms. The van der Waals surface area contributed by atoms with E-state index < -0.39 is 17.8 Å². The Balaban J connectivity index is 1.47. The lowest BCUT2D eigenvalue weighted by Gasteiger charge is -2.06. The summed E-state index contributed by atoms with van der Waals surface area (Å²) in [6, 6.07) is 19.8. The van der Waals surface area contributed by atoms with Crippen LogP contribution in [0.5, 0.6) is 17.2 Å². The van der Waals surface area contributed by atoms with Gasteiger partial charge in [0.05, 0.1) is 25.0 Å². The van der Waals surface area contributed by atoms with Crippen molar-refractivity contribution in [2.24, 2.45) is 5.10 Å². The minimum Gasteiger partial charge on any atom is -0.494 e. The van der Waals surface area contributed by atoms with Crippen molar-refractivity contribution >= 4 is 29.7 Å². The molecule has 2 N–H and O–H groups in total. The summed E-state index contributed by atoms with van der Waals surface area (Å²) in [6.07, 6.45) is 1.36. The maximum Gasteiger partial charge on any atom is 0.343 e. The van der Waals surface area contributed by atoms with E-state index in [9.17, 15) is 14.4 Å². The largest absolute Gasteiger partial charge is 0.494 e. The van der Waals surface area contributed by atoms with E-state index in [0.717, 1.165) is 0 Å². The van der Waals surface area contributed by atoms with Gasteiger partial charge in [-0.05, 0) is 92.2 Å². The van der Waals surface area contributed by atoms with Crippen molar-refractivity contribution in [3.8, 4) is 17.2 Å². The highest BCUT2D eigenvalue weighted by molar-refractivity contribution is 6.39. The molecule has 3 aromatic carbocycles. The first-order valence-corrected chi connectivity index (χ1v) is 10.9. The highest BCUT2D eigenvalue weighted by atomic mass is 16.5. The summed E-state index contributed by atoms with van der Waals surface area (Å²) in [5, 5.41) is 6.25. The smallest absolute Gasteiger partial charge is 0.343 e. The van der Waals surface area contributed by atoms with Crippen LogP contribution in [0.3, 0.4) is 0 Å². The molecule has 35 heavy (non-hydrogen) atoms. The molecule has 180 valence electrons. The molecular weight excluding hydrogens is 450 g/mol. The van der Waals surface area contributed by atoms with Crippen LogP contribution < -0.4 is 25.0 Å². The zero-order valence-electron chi connectivity index (χ0n) is 19.3. The van der Waals surface area contributed by atoms with Crippen molar-refractivity contribution in [2.45, 2.75) is 13.8 Å². The molecule has 3 rings (SSSR count). The number of carbonyl (C=O) groups excluding carboxylic acids is 3. The molecule has 0 aliphatic heterocycles. The topological polar surface area (TPSA) is 115 Å². The number of carbonyl (C=O) groups is 3. The summed E-state index contributed by atoms with van der Waals surface area (Å²) in [5.41, 5.74) is 3.63. The Kier molecular flexibility index (Phi) is 8.95. The van der Waals surface area contributed by atoms with Crippen molar-refractivity contribution in [3.05, 3.63) is 83.9 Å². The van der Waals surface area contributed by atoms with Gasteiger partial charge in [0.15, 0.2) is 0 Å². The molecule has 3 aromatic rings. The van der Waals surface area contributed by atoms with Gasteiger partial charge in [0.1, 0.15) is 17.2 Å². The van der Waals surface area contributed by atoms with Gasteiger partial charge in [0, 0.05) is 5.69 Å². The molecule has 0 unspecified atom stereocenters. The minimum absolute atomic E-state index is 0.347. The first-order valence-electron chi connectivity index (χ1n) is 10.9. The van der Waals surface area contributed by atoms with Crippen LogP contribution >= 0.6 is 0 Å². The lowest BCUT2D eigenvalue weighted by atomic mass is 10.2. The highest BCUT2D eigenvalue weighted by Crippen LogP contribution is 2.17. The first-order chi connectivity index (χ1) is 17.0. The van der Waals surface area contributed by atoms with Crippen LogP contribution in [0.15, 0.2) is 77.9 Å². The Morgan fingerprint density at radius 1 is 0.743 bits per heavy atom. The summed E-state index contributed by atoms with van der Waals surface area (Å²) in [6.45, 7) is 4.82. The molecule has 0 aliphatic carbocycles. The van der Waals surface area contributed by atoms with Crippen molar-refractivity contribution in [2.75, 3.05) is 18.5 Å². The fraction of sp³-hybridized carbons (Fsp3) is 0.154. The number of amides is 2. The van der Waals surface area contributed by atoms with E-state index in [0.29, 0.717) is 47.3 Å². The van der Waals surface area contributed by atoms with Crippen molar-refractivity contribution < 1.29 is 28.6 Å². The molecule has 0 spiro atoms. The van der Waals surface area contributed by atoms with Gasteiger partial charge in [-0.1, -0.05) is 0 Å². The molecule has 2 amide bonds. The summed E-state index contributed by atoms with van der Waals surface area (Å²) in [4.78, 5) is 36.2. The SMILES string of the molecule is CCOc1ccc(NC(=O)C(=O)N/N=C/c2ccc(OC(=O)c3ccc(OCC)cc3)cc2)cc1. The average Bonchev–Trinajstić information content (AvgIpc) is 2.87. The Morgan fingerprint density at radius 2 is 1.29 bits per heavy atom. The normalized spacial score (nSPS) is 10.5. The van der Waals surface area contributed by atoms with E-state index in [4.69, 9.17) is 14.2 Å². The molecule has 0 atom stereocenters. The monoisotopic (exact) mass is 475 g/mol. The van der Waals surface area contributed by atoms with Crippen molar-refractivity contribution in [1.82, 2.24) is 5.43 Å². The third-order valence-corrected chi connectivity index (χ3v) is 4.50. The molecular formula is C26H25N3O6. The van der Waals surface area contributed by atoms with Crippen LogP contribution in [0, 0.1) is 0 Å². The van der Waals surface area contributed by atoms with E-state index in [-0.39, 0.29) is 0 Å². The van der Waals surface area contributed by atoms with E-state index in [1.165, 1.54) is 6.21 Å². The molecule has 0 aliphatic rings. The number of anilines is 1. The maximum absolute atomic E-state index is 12.3. The van der Waals surface area contributed by atoms with Crippen LogP contribution in [-0.4, -0.2) is 37.2 Å². The molecule has 0 radical (unpaired) electrons. The number of ether oxygens (including phenoxy) is 3. The van der Waals surface area contributed by atoms with E-state index in [1.54, 1.807) is 72.8 Å². The lowest BCUT2D eigenvalue weighted by molar-refractivity contribution is -0.136. The number of esters is 1. The van der Waals surface area contributed by atoms with Gasteiger partial charge in [-0.25, -0.2) is 10.2 Å². The van der Waals surface area contributed by atoms with Crippen LogP contribution in [0.1, 0.15) is 29.8 Å². The van der Waals surface area contributed by atoms with Crippen molar-refractivity contribution in [1.29, 1.82) is 0 Å². The molecule has 0 heterocycles. The van der Waals surface area contributed by atoms with Crippen LogP contribution in [0.4, 0.5) is 5.69 Å². The minimum atomic E-state index is -0.920. The quantitative estimate of drug-likeness (QED) is 0.160. The third kappa shape index (κ3) is 7.71. The molecule has 9 nitrogen and oxygen atoms in total. The van der Waals surface area contributed by atoms with Crippen LogP contribution in [-0.2, 0) is 9.59 Å². The number of hydrogen-bond acceptors (Lipinski definition) is 7. The summed E-state index contributed by atoms with van der Waals surface area (Å²) < 4.78 is 16.0. The summed E-state index contributed by atoms with van der Waals surface area (Å²) in [7, 11) is 0. The van der Waals surface area contributed by atoms with Crippen LogP contribution in [0.25, 0.3) is 0 Å². The Hall–Kier alpha value is -4.66. The second-order valence-electron chi connectivity index (χ2n) is 7.03. The third-order valence-electron chi connectivity index (χ3n) is 4.50. The predicted molar refractivity (Wildman–Crippen MR) is 131 cm³/mol. The number of hydrazone groups is 1. The van der Waals surface area contributed by atoms with Gasteiger partial charge in [-0.15, -0.1) is 0 Å². The maximum atomic E-state index is 12.3. The Bertz CT molecular complexity index is 1170. The molecule has 0 saturated heterocycles. The number of benzene rings is 3. The predicted octanol–water partition coefficient (Wildman–Crippen LogP) is 3.79.